The van der Waals surface area contributed by atoms with Crippen LogP contribution < -0.4 is 21.9 Å². The van der Waals surface area contributed by atoms with Gasteiger partial charge in [-0.25, -0.2) is 9.59 Å². The van der Waals surface area contributed by atoms with Gasteiger partial charge in [-0.3, -0.25) is 24.2 Å². The lowest BCUT2D eigenvalue weighted by Gasteiger charge is -2.16. The third-order valence-electron chi connectivity index (χ3n) is 6.07. The number of hydrogen-bond acceptors (Lipinski definition) is 9. The maximum Gasteiger partial charge on any atom is 0.326 e. The lowest BCUT2D eigenvalue weighted by atomic mass is 10.1. The number of nitrogens with two attached hydrogens (primary N) is 1. The molecular weight excluding hydrogens is 548 g/mol. The molecule has 2 atom stereocenters. The van der Waals surface area contributed by atoms with Gasteiger partial charge in [-0.2, -0.15) is 4.98 Å². The summed E-state index contributed by atoms with van der Waals surface area (Å²) in [4.78, 5) is 78.2. The van der Waals surface area contributed by atoms with Crippen LogP contribution in [-0.4, -0.2) is 71.7 Å². The second-order valence-corrected chi connectivity index (χ2v) is 10.1. The number of amides is 2. The number of aromatic amines is 1. The highest BCUT2D eigenvalue weighted by Gasteiger charge is 2.25. The van der Waals surface area contributed by atoms with Gasteiger partial charge in [-0.05, 0) is 43.9 Å². The molecule has 0 aliphatic heterocycles. The average Bonchev–Trinajstić information content (AvgIpc) is 3.47. The number of aromatic nitrogens is 3. The molecule has 0 unspecified atom stereocenters. The number of anilines is 1. The molecular formula is C24H28N6O9S. The van der Waals surface area contributed by atoms with Gasteiger partial charge in [0.1, 0.15) is 17.7 Å². The second kappa shape index (κ2) is 12.9. The van der Waals surface area contributed by atoms with Crippen molar-refractivity contribution in [3.8, 4) is 0 Å². The van der Waals surface area contributed by atoms with Crippen molar-refractivity contribution in [1.82, 2.24) is 25.2 Å². The van der Waals surface area contributed by atoms with Crippen LogP contribution in [0.5, 0.6) is 0 Å². The summed E-state index contributed by atoms with van der Waals surface area (Å²) in [6.45, 7) is 0. The number of carboxylic acid groups (broad SMARTS) is 3. The number of carbonyl (C=O) groups excluding carboxylic acids is 2. The summed E-state index contributed by atoms with van der Waals surface area (Å²) in [6.07, 6.45) is -0.454. The molecule has 3 heterocycles. The molecule has 0 aliphatic carbocycles. The summed E-state index contributed by atoms with van der Waals surface area (Å²) < 4.78 is 1.76. The van der Waals surface area contributed by atoms with Crippen molar-refractivity contribution >= 4 is 58.0 Å². The number of carboxylic acids is 3. The normalized spacial score (nSPS) is 12.5. The number of fused-ring (bicyclic) bond motifs is 1. The molecule has 0 spiro atoms. The standard InChI is InChI=1S/C24H28N6O9S/c1-30-11(10-13-19(30)28-24(25)29-20(13)34)2-3-12-4-7-16(40-12)21(35)27-15(23(38)39)5-8-17(31)26-14(22(36)37)6-9-18(32)33/h4,7,10,14-15H,2-3,5-6,8-9H2,1H3,(H,26,31)(H,27,35)(H,32,33)(H,36,37)(H,38,39)(H3,25,28,29,34)/t14-,15-/m0/s1. The molecule has 3 aromatic rings. The summed E-state index contributed by atoms with van der Waals surface area (Å²) in [6, 6.07) is 2.16. The van der Waals surface area contributed by atoms with Crippen LogP contribution in [0.2, 0.25) is 0 Å². The molecule has 0 fully saturated rings. The van der Waals surface area contributed by atoms with Crippen LogP contribution in [0.15, 0.2) is 23.0 Å². The van der Waals surface area contributed by atoms with Crippen molar-refractivity contribution in [1.29, 1.82) is 0 Å². The predicted molar refractivity (Wildman–Crippen MR) is 142 cm³/mol. The Balaban J connectivity index is 1.56. The first-order valence-electron chi connectivity index (χ1n) is 12.1. The monoisotopic (exact) mass is 576 g/mol. The minimum absolute atomic E-state index is 0.0136. The van der Waals surface area contributed by atoms with Crippen LogP contribution in [0.25, 0.3) is 11.0 Å². The van der Waals surface area contributed by atoms with Crippen LogP contribution >= 0.6 is 11.3 Å². The smallest absolute Gasteiger partial charge is 0.326 e. The molecule has 214 valence electrons. The lowest BCUT2D eigenvalue weighted by Crippen LogP contribution is -2.44. The summed E-state index contributed by atoms with van der Waals surface area (Å²) in [5.41, 5.74) is 6.56. The topological polar surface area (TPSA) is 247 Å². The van der Waals surface area contributed by atoms with Gasteiger partial charge in [0.25, 0.3) is 11.5 Å². The minimum Gasteiger partial charge on any atom is -0.481 e. The number of aryl methyl sites for hydroxylation is 3. The zero-order valence-electron chi connectivity index (χ0n) is 21.3. The van der Waals surface area contributed by atoms with Gasteiger partial charge in [-0.15, -0.1) is 11.3 Å². The number of rotatable bonds is 14. The molecule has 0 saturated heterocycles. The zero-order chi connectivity index (χ0) is 29.6. The molecule has 0 radical (unpaired) electrons. The van der Waals surface area contributed by atoms with Gasteiger partial charge in [0.05, 0.1) is 10.3 Å². The van der Waals surface area contributed by atoms with E-state index in [1.54, 1.807) is 29.8 Å². The van der Waals surface area contributed by atoms with E-state index >= 15 is 0 Å². The van der Waals surface area contributed by atoms with Gasteiger partial charge in [0.15, 0.2) is 0 Å². The fraction of sp³-hybridized carbons (Fsp3) is 0.375. The Morgan fingerprint density at radius 1 is 1.02 bits per heavy atom. The summed E-state index contributed by atoms with van der Waals surface area (Å²) in [7, 11) is 1.76. The molecule has 2 amide bonds. The van der Waals surface area contributed by atoms with Gasteiger partial charge in [-0.1, -0.05) is 0 Å². The molecule has 16 heteroatoms. The van der Waals surface area contributed by atoms with E-state index in [9.17, 15) is 33.9 Å². The highest BCUT2D eigenvalue weighted by atomic mass is 32.1. The zero-order valence-corrected chi connectivity index (χ0v) is 22.1. The number of nitrogens with zero attached hydrogens (tertiary/aromatic N) is 2. The number of thiophene rings is 1. The Morgan fingerprint density at radius 2 is 1.68 bits per heavy atom. The van der Waals surface area contributed by atoms with Crippen LogP contribution in [0.4, 0.5) is 5.95 Å². The molecule has 0 saturated carbocycles. The summed E-state index contributed by atoms with van der Waals surface area (Å²) in [5.74, 6) is -5.44. The van der Waals surface area contributed by atoms with E-state index in [0.717, 1.165) is 10.6 Å². The molecule has 40 heavy (non-hydrogen) atoms. The fourth-order valence-electron chi connectivity index (χ4n) is 3.95. The number of carbonyl (C=O) groups is 5. The van der Waals surface area contributed by atoms with E-state index in [4.69, 9.17) is 15.9 Å². The summed E-state index contributed by atoms with van der Waals surface area (Å²) >= 11 is 1.17. The van der Waals surface area contributed by atoms with Crippen molar-refractivity contribution in [2.24, 2.45) is 7.05 Å². The summed E-state index contributed by atoms with van der Waals surface area (Å²) in [5, 5.41) is 32.3. The molecule has 0 aromatic carbocycles. The highest BCUT2D eigenvalue weighted by molar-refractivity contribution is 7.14. The van der Waals surface area contributed by atoms with Gasteiger partial charge in [0.2, 0.25) is 11.9 Å². The maximum atomic E-state index is 12.7. The Morgan fingerprint density at radius 3 is 2.33 bits per heavy atom. The Hall–Kier alpha value is -4.73. The molecule has 15 nitrogen and oxygen atoms in total. The van der Waals surface area contributed by atoms with Crippen LogP contribution in [-0.2, 0) is 39.1 Å². The van der Waals surface area contributed by atoms with Gasteiger partial charge >= 0.3 is 17.9 Å². The van der Waals surface area contributed by atoms with E-state index in [1.165, 1.54) is 11.3 Å². The molecule has 8 N–H and O–H groups in total. The maximum absolute atomic E-state index is 12.7. The number of nitrogens with one attached hydrogen (secondary N) is 3. The Labute approximate surface area is 230 Å². The number of aliphatic carboxylic acids is 3. The van der Waals surface area contributed by atoms with Crippen LogP contribution in [0, 0.1) is 0 Å². The molecule has 3 rings (SSSR count). The van der Waals surface area contributed by atoms with E-state index in [-0.39, 0.29) is 29.2 Å². The van der Waals surface area contributed by atoms with Crippen LogP contribution in [0.1, 0.15) is 45.9 Å². The van der Waals surface area contributed by atoms with Crippen molar-refractivity contribution < 1.29 is 39.3 Å². The van der Waals surface area contributed by atoms with E-state index in [2.05, 4.69) is 20.6 Å². The third kappa shape index (κ3) is 7.66. The Bertz CT molecular complexity index is 1510. The van der Waals surface area contributed by atoms with Gasteiger partial charge in [0, 0.05) is 30.5 Å². The third-order valence-corrected chi connectivity index (χ3v) is 7.21. The fourth-order valence-corrected chi connectivity index (χ4v) is 4.86. The first kappa shape index (κ1) is 29.8. The highest BCUT2D eigenvalue weighted by Crippen LogP contribution is 2.21. The molecule has 0 bridgehead atoms. The SMILES string of the molecule is Cn1c(CCc2ccc(C(=O)N[C@@H](CCC(=O)N[C@@H](CCC(=O)O)C(=O)O)C(=O)O)s2)cc2c(=O)[nH]c(N)nc21. The second-order valence-electron chi connectivity index (χ2n) is 8.94. The van der Waals surface area contributed by atoms with Crippen molar-refractivity contribution in [3.05, 3.63) is 44.0 Å². The van der Waals surface area contributed by atoms with E-state index in [1.807, 2.05) is 0 Å². The van der Waals surface area contributed by atoms with Crippen molar-refractivity contribution in [2.45, 2.75) is 50.6 Å². The minimum atomic E-state index is -1.44. The van der Waals surface area contributed by atoms with E-state index in [0.29, 0.717) is 23.9 Å². The lowest BCUT2D eigenvalue weighted by molar-refractivity contribution is -0.143. The van der Waals surface area contributed by atoms with Crippen molar-refractivity contribution in [2.75, 3.05) is 5.73 Å². The molecule has 3 aromatic heterocycles. The molecule has 0 aliphatic rings. The number of H-pyrrole nitrogens is 1. The average molecular weight is 577 g/mol. The number of nitrogen functional groups attached to an aromatic ring is 1. The van der Waals surface area contributed by atoms with Gasteiger partial charge < -0.3 is 36.3 Å². The van der Waals surface area contributed by atoms with E-state index < -0.39 is 54.6 Å². The van der Waals surface area contributed by atoms with Crippen LogP contribution in [0.3, 0.4) is 0 Å². The quantitative estimate of drug-likeness (QED) is 0.135. The first-order chi connectivity index (χ1) is 18.8. The predicted octanol–water partition coefficient (Wildman–Crippen LogP) is 0.0879. The number of hydrogen-bond donors (Lipinski definition) is 7. The Kier molecular flexibility index (Phi) is 9.60. The van der Waals surface area contributed by atoms with Crippen molar-refractivity contribution in [3.63, 3.8) is 0 Å². The largest absolute Gasteiger partial charge is 0.481 e. The first-order valence-corrected chi connectivity index (χ1v) is 12.9.